The predicted octanol–water partition coefficient (Wildman–Crippen LogP) is 7.73. The SMILES string of the molecule is CCCCCCCCc1c(O)cccc1S(=O)(=O)c1cccc(O)c1CCCCCCCC.[Ni]. The number of rotatable bonds is 16. The van der Waals surface area contributed by atoms with Gasteiger partial charge in [0.05, 0.1) is 9.79 Å². The normalized spacial score (nSPS) is 11.4. The van der Waals surface area contributed by atoms with Gasteiger partial charge in [-0.1, -0.05) is 90.2 Å². The molecule has 194 valence electrons. The van der Waals surface area contributed by atoms with Crippen LogP contribution in [0.2, 0.25) is 0 Å². The van der Waals surface area contributed by atoms with Gasteiger partial charge in [-0.05, 0) is 49.9 Å². The molecule has 34 heavy (non-hydrogen) atoms. The van der Waals surface area contributed by atoms with E-state index in [4.69, 9.17) is 0 Å². The predicted molar refractivity (Wildman–Crippen MR) is 136 cm³/mol. The molecule has 0 aliphatic carbocycles. The summed E-state index contributed by atoms with van der Waals surface area (Å²) in [6.45, 7) is 4.36. The van der Waals surface area contributed by atoms with Gasteiger partial charge < -0.3 is 10.2 Å². The van der Waals surface area contributed by atoms with Crippen LogP contribution in [-0.4, -0.2) is 18.6 Å². The van der Waals surface area contributed by atoms with E-state index in [2.05, 4.69) is 13.8 Å². The topological polar surface area (TPSA) is 74.6 Å². The summed E-state index contributed by atoms with van der Waals surface area (Å²) < 4.78 is 27.4. The van der Waals surface area contributed by atoms with Crippen LogP contribution in [0.4, 0.5) is 0 Å². The number of sulfone groups is 1. The van der Waals surface area contributed by atoms with Crippen molar-refractivity contribution < 1.29 is 35.1 Å². The summed E-state index contributed by atoms with van der Waals surface area (Å²) in [4.78, 5) is 0.316. The largest absolute Gasteiger partial charge is 0.508 e. The van der Waals surface area contributed by atoms with Crippen LogP contribution >= 0.6 is 0 Å². The Morgan fingerprint density at radius 3 is 1.32 bits per heavy atom. The molecule has 0 radical (unpaired) electrons. The fourth-order valence-electron chi connectivity index (χ4n) is 4.40. The third-order valence-corrected chi connectivity index (χ3v) is 8.28. The first kappa shape index (κ1) is 30.5. The van der Waals surface area contributed by atoms with E-state index in [0.717, 1.165) is 38.5 Å². The maximum absolute atomic E-state index is 13.7. The molecule has 2 rings (SSSR count). The molecule has 0 aromatic heterocycles. The van der Waals surface area contributed by atoms with Crippen molar-refractivity contribution in [3.05, 3.63) is 47.5 Å². The quantitative estimate of drug-likeness (QED) is 0.171. The third kappa shape index (κ3) is 8.93. The van der Waals surface area contributed by atoms with E-state index >= 15 is 0 Å². The van der Waals surface area contributed by atoms with Crippen LogP contribution in [0.5, 0.6) is 11.5 Å². The van der Waals surface area contributed by atoms with Gasteiger partial charge in [-0.25, -0.2) is 8.42 Å². The van der Waals surface area contributed by atoms with Crippen LogP contribution in [0.25, 0.3) is 0 Å². The molecule has 0 aliphatic heterocycles. The van der Waals surface area contributed by atoms with Gasteiger partial charge in [-0.3, -0.25) is 0 Å². The van der Waals surface area contributed by atoms with Gasteiger partial charge in [0, 0.05) is 27.6 Å². The smallest absolute Gasteiger partial charge is 0.207 e. The molecule has 6 heteroatoms. The maximum Gasteiger partial charge on any atom is 0.207 e. The van der Waals surface area contributed by atoms with Crippen molar-refractivity contribution in [1.29, 1.82) is 0 Å². The zero-order valence-corrected chi connectivity index (χ0v) is 22.6. The van der Waals surface area contributed by atoms with E-state index in [9.17, 15) is 18.6 Å². The van der Waals surface area contributed by atoms with Gasteiger partial charge in [0.2, 0.25) is 9.84 Å². The molecule has 0 bridgehead atoms. The second-order valence-corrected chi connectivity index (χ2v) is 10.9. The van der Waals surface area contributed by atoms with Gasteiger partial charge in [0.1, 0.15) is 11.5 Å². The summed E-state index contributed by atoms with van der Waals surface area (Å²) >= 11 is 0. The molecule has 0 spiro atoms. The molecule has 0 saturated heterocycles. The molecule has 0 fully saturated rings. The Hall–Kier alpha value is -1.52. The van der Waals surface area contributed by atoms with E-state index in [-0.39, 0.29) is 37.8 Å². The first-order valence-electron chi connectivity index (χ1n) is 12.8. The fourth-order valence-corrected chi connectivity index (χ4v) is 6.21. The Bertz CT molecular complexity index is 885. The van der Waals surface area contributed by atoms with Gasteiger partial charge in [0.15, 0.2) is 0 Å². The summed E-state index contributed by atoms with van der Waals surface area (Å²) in [5, 5.41) is 21.0. The third-order valence-electron chi connectivity index (χ3n) is 6.36. The number of hydrogen-bond donors (Lipinski definition) is 2. The summed E-state index contributed by atoms with van der Waals surface area (Å²) in [7, 11) is -3.87. The van der Waals surface area contributed by atoms with Crippen molar-refractivity contribution in [2.75, 3.05) is 0 Å². The average molecular weight is 533 g/mol. The van der Waals surface area contributed by atoms with Crippen LogP contribution in [0.1, 0.15) is 102 Å². The molecule has 0 unspecified atom stereocenters. The summed E-state index contributed by atoms with van der Waals surface area (Å²) in [6.07, 6.45) is 14.2. The summed E-state index contributed by atoms with van der Waals surface area (Å²) in [5.74, 6) is 0.0597. The minimum atomic E-state index is -3.87. The van der Waals surface area contributed by atoms with E-state index in [1.165, 1.54) is 38.5 Å². The van der Waals surface area contributed by atoms with Crippen molar-refractivity contribution in [3.63, 3.8) is 0 Å². The van der Waals surface area contributed by atoms with Crippen molar-refractivity contribution in [1.82, 2.24) is 0 Å². The van der Waals surface area contributed by atoms with E-state index in [1.807, 2.05) is 0 Å². The number of hydrogen-bond acceptors (Lipinski definition) is 4. The molecular weight excluding hydrogens is 491 g/mol. The Kier molecular flexibility index (Phi) is 14.5. The van der Waals surface area contributed by atoms with Crippen molar-refractivity contribution >= 4 is 9.84 Å². The fraction of sp³-hybridized carbons (Fsp3) is 0.571. The van der Waals surface area contributed by atoms with Crippen LogP contribution in [-0.2, 0) is 39.2 Å². The number of unbranched alkanes of at least 4 members (excludes halogenated alkanes) is 10. The van der Waals surface area contributed by atoms with Gasteiger partial charge in [-0.15, -0.1) is 0 Å². The standard InChI is InChI=1S/C28H42O4S.Ni/c1-3-5-7-9-11-13-17-23-25(29)19-15-21-27(23)33(31,32)28-22-16-20-26(30)24(28)18-14-12-10-8-6-4-2;/h15-16,19-22,29-30H,3-14,17-18H2,1-2H3;. The Labute approximate surface area is 217 Å². The molecule has 0 atom stereocenters. The number of aromatic hydroxyl groups is 2. The molecule has 2 aromatic carbocycles. The first-order valence-corrected chi connectivity index (χ1v) is 14.3. The molecular formula is C28H42NiO4S. The Balaban J connectivity index is 0.00000578. The second kappa shape index (κ2) is 16.2. The number of phenolic OH excluding ortho intramolecular Hbond substituents is 2. The summed E-state index contributed by atoms with van der Waals surface area (Å²) in [5.41, 5.74) is 0.976. The average Bonchev–Trinajstić information content (AvgIpc) is 2.80. The van der Waals surface area contributed by atoms with Gasteiger partial charge >= 0.3 is 0 Å². The summed E-state index contributed by atoms with van der Waals surface area (Å²) in [6, 6.07) is 9.46. The van der Waals surface area contributed by atoms with Crippen LogP contribution in [0, 0.1) is 0 Å². The van der Waals surface area contributed by atoms with E-state index in [0.29, 0.717) is 24.0 Å². The molecule has 0 saturated carbocycles. The van der Waals surface area contributed by atoms with Gasteiger partial charge in [0.25, 0.3) is 0 Å². The molecule has 4 nitrogen and oxygen atoms in total. The number of phenols is 2. The molecule has 0 aliphatic rings. The van der Waals surface area contributed by atoms with E-state index in [1.54, 1.807) is 36.4 Å². The molecule has 0 heterocycles. The molecule has 2 N–H and O–H groups in total. The molecule has 0 amide bonds. The Morgan fingerprint density at radius 1 is 0.588 bits per heavy atom. The zero-order valence-electron chi connectivity index (χ0n) is 20.8. The van der Waals surface area contributed by atoms with Gasteiger partial charge in [-0.2, -0.15) is 0 Å². The van der Waals surface area contributed by atoms with Crippen molar-refractivity contribution in [3.8, 4) is 11.5 Å². The van der Waals surface area contributed by atoms with Crippen molar-refractivity contribution in [2.45, 2.75) is 114 Å². The van der Waals surface area contributed by atoms with E-state index < -0.39 is 9.84 Å². The second-order valence-electron chi connectivity index (χ2n) is 9.05. The first-order chi connectivity index (χ1) is 15.9. The maximum atomic E-state index is 13.7. The molecule has 2 aromatic rings. The minimum Gasteiger partial charge on any atom is -0.508 e. The Morgan fingerprint density at radius 2 is 0.941 bits per heavy atom. The van der Waals surface area contributed by atoms with Crippen LogP contribution in [0.3, 0.4) is 0 Å². The monoisotopic (exact) mass is 532 g/mol. The number of benzene rings is 2. The van der Waals surface area contributed by atoms with Crippen molar-refractivity contribution in [2.24, 2.45) is 0 Å². The minimum absolute atomic E-state index is 0. The van der Waals surface area contributed by atoms with Crippen LogP contribution in [0.15, 0.2) is 46.2 Å². The zero-order chi connectivity index (χ0) is 24.1. The van der Waals surface area contributed by atoms with Crippen LogP contribution < -0.4 is 0 Å².